The van der Waals surface area contributed by atoms with Crippen LogP contribution in [0.5, 0.6) is 0 Å². The van der Waals surface area contributed by atoms with E-state index in [0.29, 0.717) is 6.61 Å². The lowest BCUT2D eigenvalue weighted by atomic mass is 10.2. The van der Waals surface area contributed by atoms with Gasteiger partial charge in [-0.05, 0) is 30.3 Å². The van der Waals surface area contributed by atoms with Crippen LogP contribution in [-0.4, -0.2) is 23.3 Å². The molecule has 0 radical (unpaired) electrons. The first-order valence-electron chi connectivity index (χ1n) is 6.70. The number of ether oxygens (including phenoxy) is 1. The third-order valence-corrected chi connectivity index (χ3v) is 4.10. The molecule has 2 N–H and O–H groups in total. The summed E-state index contributed by atoms with van der Waals surface area (Å²) in [7, 11) is 1.70. The minimum absolute atomic E-state index is 0.632. The van der Waals surface area contributed by atoms with Crippen molar-refractivity contribution in [1.29, 1.82) is 0 Å². The molecule has 0 fully saturated rings. The van der Waals surface area contributed by atoms with E-state index in [0.717, 1.165) is 39.1 Å². The van der Waals surface area contributed by atoms with Gasteiger partial charge in [-0.25, -0.2) is 4.98 Å². The van der Waals surface area contributed by atoms with Gasteiger partial charge in [-0.15, -0.1) is 0 Å². The van der Waals surface area contributed by atoms with Gasteiger partial charge in [-0.2, -0.15) is 0 Å². The SMILES string of the molecule is COCCn1c(-c2cc(N)ccc2Br)nc2ccccc21. The third-order valence-electron chi connectivity index (χ3n) is 3.40. The number of nitrogens with two attached hydrogens (primary N) is 1. The second-order valence-electron chi connectivity index (χ2n) is 4.81. The Balaban J connectivity index is 2.23. The quantitative estimate of drug-likeness (QED) is 0.733. The molecule has 0 aliphatic rings. The maximum Gasteiger partial charge on any atom is 0.142 e. The molecule has 21 heavy (non-hydrogen) atoms. The van der Waals surface area contributed by atoms with Gasteiger partial charge < -0.3 is 15.0 Å². The Labute approximate surface area is 131 Å². The number of aromatic nitrogens is 2. The van der Waals surface area contributed by atoms with Gasteiger partial charge in [-0.1, -0.05) is 28.1 Å². The van der Waals surface area contributed by atoms with Gasteiger partial charge in [0.05, 0.1) is 17.6 Å². The maximum atomic E-state index is 5.93. The number of methoxy groups -OCH3 is 1. The number of rotatable bonds is 4. The molecule has 5 heteroatoms. The largest absolute Gasteiger partial charge is 0.399 e. The third kappa shape index (κ3) is 2.66. The minimum atomic E-state index is 0.632. The Kier molecular flexibility index (Phi) is 3.94. The zero-order valence-electron chi connectivity index (χ0n) is 11.7. The van der Waals surface area contributed by atoms with E-state index in [-0.39, 0.29) is 0 Å². The summed E-state index contributed by atoms with van der Waals surface area (Å²) in [6, 6.07) is 13.9. The number of fused-ring (bicyclic) bond motifs is 1. The highest BCUT2D eigenvalue weighted by Gasteiger charge is 2.14. The van der Waals surface area contributed by atoms with Crippen molar-refractivity contribution in [3.63, 3.8) is 0 Å². The van der Waals surface area contributed by atoms with Crippen molar-refractivity contribution >= 4 is 32.7 Å². The number of halogens is 1. The van der Waals surface area contributed by atoms with Crippen molar-refractivity contribution in [3.05, 3.63) is 46.9 Å². The van der Waals surface area contributed by atoms with Crippen molar-refractivity contribution in [2.24, 2.45) is 0 Å². The number of imidazole rings is 1. The maximum absolute atomic E-state index is 5.93. The molecule has 0 spiro atoms. The molecule has 0 unspecified atom stereocenters. The summed E-state index contributed by atoms with van der Waals surface area (Å²) in [5, 5.41) is 0. The zero-order valence-corrected chi connectivity index (χ0v) is 13.3. The van der Waals surface area contributed by atoms with E-state index in [4.69, 9.17) is 15.5 Å². The smallest absolute Gasteiger partial charge is 0.142 e. The normalized spacial score (nSPS) is 11.1. The first kappa shape index (κ1) is 14.1. The van der Waals surface area contributed by atoms with Crippen LogP contribution in [0.25, 0.3) is 22.4 Å². The highest BCUT2D eigenvalue weighted by atomic mass is 79.9. The van der Waals surface area contributed by atoms with Gasteiger partial charge >= 0.3 is 0 Å². The molecule has 108 valence electrons. The molecule has 2 aromatic carbocycles. The van der Waals surface area contributed by atoms with Gasteiger partial charge in [0, 0.05) is 29.4 Å². The summed E-state index contributed by atoms with van der Waals surface area (Å²) in [5.41, 5.74) is 9.70. The van der Waals surface area contributed by atoms with Crippen LogP contribution in [-0.2, 0) is 11.3 Å². The van der Waals surface area contributed by atoms with E-state index in [1.54, 1.807) is 7.11 Å². The second kappa shape index (κ2) is 5.87. The Morgan fingerprint density at radius 3 is 2.86 bits per heavy atom. The Hall–Kier alpha value is -1.85. The van der Waals surface area contributed by atoms with Crippen LogP contribution in [0.4, 0.5) is 5.69 Å². The first-order chi connectivity index (χ1) is 10.2. The molecule has 4 nitrogen and oxygen atoms in total. The summed E-state index contributed by atoms with van der Waals surface area (Å²) in [6.45, 7) is 1.38. The first-order valence-corrected chi connectivity index (χ1v) is 7.49. The lowest BCUT2D eigenvalue weighted by Gasteiger charge is -2.10. The summed E-state index contributed by atoms with van der Waals surface area (Å²) < 4.78 is 8.37. The molecule has 0 aliphatic heterocycles. The number of hydrogen-bond donors (Lipinski definition) is 1. The molecule has 0 saturated carbocycles. The molecular weight excluding hydrogens is 330 g/mol. The van der Waals surface area contributed by atoms with Crippen LogP contribution in [0, 0.1) is 0 Å². The van der Waals surface area contributed by atoms with Crippen LogP contribution in [0.1, 0.15) is 0 Å². The summed E-state index contributed by atoms with van der Waals surface area (Å²) in [6.07, 6.45) is 0. The van der Waals surface area contributed by atoms with Gasteiger partial charge in [0.15, 0.2) is 0 Å². The zero-order chi connectivity index (χ0) is 14.8. The summed E-state index contributed by atoms with van der Waals surface area (Å²) >= 11 is 3.59. The molecule has 3 aromatic rings. The summed E-state index contributed by atoms with van der Waals surface area (Å²) in [5.74, 6) is 0.896. The van der Waals surface area contributed by atoms with Crippen LogP contribution >= 0.6 is 15.9 Å². The fourth-order valence-electron chi connectivity index (χ4n) is 2.40. The van der Waals surface area contributed by atoms with E-state index >= 15 is 0 Å². The molecule has 0 bridgehead atoms. The molecule has 3 rings (SSSR count). The Morgan fingerprint density at radius 1 is 1.24 bits per heavy atom. The minimum Gasteiger partial charge on any atom is -0.399 e. The van der Waals surface area contributed by atoms with E-state index in [1.807, 2.05) is 36.4 Å². The number of nitrogens with zero attached hydrogens (tertiary/aromatic N) is 2. The molecular formula is C16H16BrN3O. The van der Waals surface area contributed by atoms with E-state index in [1.165, 1.54) is 0 Å². The Bertz CT molecular complexity index is 782. The molecule has 1 heterocycles. The lowest BCUT2D eigenvalue weighted by Crippen LogP contribution is -2.06. The summed E-state index contributed by atoms with van der Waals surface area (Å²) in [4.78, 5) is 4.76. The van der Waals surface area contributed by atoms with Crippen molar-refractivity contribution in [2.75, 3.05) is 19.5 Å². The lowest BCUT2D eigenvalue weighted by molar-refractivity contribution is 0.188. The fraction of sp³-hybridized carbons (Fsp3) is 0.188. The van der Waals surface area contributed by atoms with Crippen LogP contribution in [0.15, 0.2) is 46.9 Å². The number of benzene rings is 2. The molecule has 0 aliphatic carbocycles. The van der Waals surface area contributed by atoms with E-state index in [2.05, 4.69) is 26.6 Å². The van der Waals surface area contributed by atoms with Crippen LogP contribution in [0.3, 0.4) is 0 Å². The average molecular weight is 346 g/mol. The highest BCUT2D eigenvalue weighted by molar-refractivity contribution is 9.10. The second-order valence-corrected chi connectivity index (χ2v) is 5.66. The van der Waals surface area contributed by atoms with Crippen molar-refractivity contribution in [1.82, 2.24) is 9.55 Å². The van der Waals surface area contributed by atoms with Crippen molar-refractivity contribution in [2.45, 2.75) is 6.54 Å². The van der Waals surface area contributed by atoms with E-state index < -0.39 is 0 Å². The predicted octanol–water partition coefficient (Wildman–Crippen LogP) is 3.69. The standard InChI is InChI=1S/C16H16BrN3O/c1-21-9-8-20-15-5-3-2-4-14(15)19-16(20)12-10-11(18)6-7-13(12)17/h2-7,10H,8-9,18H2,1H3. The number of para-hydroxylation sites is 2. The molecule has 0 atom stereocenters. The topological polar surface area (TPSA) is 53.1 Å². The Morgan fingerprint density at radius 2 is 2.05 bits per heavy atom. The van der Waals surface area contributed by atoms with Gasteiger partial charge in [0.1, 0.15) is 5.82 Å². The van der Waals surface area contributed by atoms with Crippen LogP contribution in [0.2, 0.25) is 0 Å². The van der Waals surface area contributed by atoms with E-state index in [9.17, 15) is 0 Å². The molecule has 0 saturated heterocycles. The van der Waals surface area contributed by atoms with Gasteiger partial charge in [-0.3, -0.25) is 0 Å². The highest BCUT2D eigenvalue weighted by Crippen LogP contribution is 2.32. The number of anilines is 1. The number of nitrogen functional groups attached to an aromatic ring is 1. The fourth-order valence-corrected chi connectivity index (χ4v) is 2.83. The average Bonchev–Trinajstić information content (AvgIpc) is 2.86. The van der Waals surface area contributed by atoms with Crippen molar-refractivity contribution in [3.8, 4) is 11.4 Å². The monoisotopic (exact) mass is 345 g/mol. The molecule has 0 amide bonds. The van der Waals surface area contributed by atoms with Crippen LogP contribution < -0.4 is 5.73 Å². The number of hydrogen-bond acceptors (Lipinski definition) is 3. The van der Waals surface area contributed by atoms with Gasteiger partial charge in [0.2, 0.25) is 0 Å². The molecule has 1 aromatic heterocycles. The predicted molar refractivity (Wildman–Crippen MR) is 89.2 cm³/mol. The van der Waals surface area contributed by atoms with Gasteiger partial charge in [0.25, 0.3) is 0 Å². The van der Waals surface area contributed by atoms with Crippen molar-refractivity contribution < 1.29 is 4.74 Å².